The molecule has 0 aromatic heterocycles. The Morgan fingerprint density at radius 2 is 2.11 bits per heavy atom. The Bertz CT molecular complexity index is 410. The summed E-state index contributed by atoms with van der Waals surface area (Å²) in [6, 6.07) is 11.3. The van der Waals surface area contributed by atoms with Gasteiger partial charge in [0, 0.05) is 18.7 Å². The van der Waals surface area contributed by atoms with Gasteiger partial charge in [0.1, 0.15) is 0 Å². The maximum absolute atomic E-state index is 12.1. The number of amides is 1. The lowest BCUT2D eigenvalue weighted by Gasteiger charge is -2.22. The first-order valence-corrected chi connectivity index (χ1v) is 6.05. The molecule has 1 amide bonds. The largest absolute Gasteiger partial charge is 0.393 e. The Morgan fingerprint density at radius 3 is 2.67 bits per heavy atom. The van der Waals surface area contributed by atoms with Crippen LogP contribution in [0, 0.1) is 11.3 Å². The third-order valence-electron chi connectivity index (χ3n) is 2.59. The van der Waals surface area contributed by atoms with E-state index in [9.17, 15) is 9.90 Å². The lowest BCUT2D eigenvalue weighted by Crippen LogP contribution is -2.32. The van der Waals surface area contributed by atoms with Gasteiger partial charge in [-0.1, -0.05) is 18.2 Å². The molecule has 0 saturated heterocycles. The number of rotatable bonds is 6. The highest BCUT2D eigenvalue weighted by molar-refractivity contribution is 5.93. The van der Waals surface area contributed by atoms with Crippen LogP contribution < -0.4 is 4.90 Å². The molecule has 0 saturated carbocycles. The van der Waals surface area contributed by atoms with Crippen molar-refractivity contribution in [1.82, 2.24) is 0 Å². The number of nitrogens with zero attached hydrogens (tertiary/aromatic N) is 2. The lowest BCUT2D eigenvalue weighted by atomic mass is 10.2. The zero-order valence-electron chi connectivity index (χ0n) is 10.5. The van der Waals surface area contributed by atoms with Gasteiger partial charge in [-0.05, 0) is 25.5 Å². The lowest BCUT2D eigenvalue weighted by molar-refractivity contribution is -0.119. The number of carbonyl (C=O) groups is 1. The van der Waals surface area contributed by atoms with Gasteiger partial charge < -0.3 is 10.0 Å². The maximum atomic E-state index is 12.1. The first-order valence-electron chi connectivity index (χ1n) is 6.05. The normalized spacial score (nSPS) is 11.6. The average molecular weight is 246 g/mol. The first-order chi connectivity index (χ1) is 8.65. The van der Waals surface area contributed by atoms with Gasteiger partial charge in [-0.3, -0.25) is 4.79 Å². The summed E-state index contributed by atoms with van der Waals surface area (Å²) in [5.41, 5.74) is 0.795. The second-order valence-electron chi connectivity index (χ2n) is 4.18. The van der Waals surface area contributed by atoms with Crippen molar-refractivity contribution in [2.24, 2.45) is 0 Å². The first kappa shape index (κ1) is 14.2. The van der Waals surface area contributed by atoms with Crippen molar-refractivity contribution in [2.45, 2.75) is 32.3 Å². The standard InChI is InChI=1S/C14H18N2O2/c1-12(17)8-9-14(18)16(11-5-10-15)13-6-3-2-4-7-13/h2-4,6-7,12,17H,5,8-9,11H2,1H3. The van der Waals surface area contributed by atoms with E-state index in [4.69, 9.17) is 5.26 Å². The van der Waals surface area contributed by atoms with Crippen LogP contribution in [0.4, 0.5) is 5.69 Å². The SMILES string of the molecule is CC(O)CCC(=O)N(CCC#N)c1ccccc1. The van der Waals surface area contributed by atoms with Crippen LogP contribution in [0.3, 0.4) is 0 Å². The Labute approximate surface area is 107 Å². The van der Waals surface area contributed by atoms with Crippen molar-refractivity contribution in [2.75, 3.05) is 11.4 Å². The summed E-state index contributed by atoms with van der Waals surface area (Å²) >= 11 is 0. The van der Waals surface area contributed by atoms with Crippen LogP contribution >= 0.6 is 0 Å². The molecule has 96 valence electrons. The Kier molecular flexibility index (Phi) is 5.89. The topological polar surface area (TPSA) is 64.3 Å². The Hall–Kier alpha value is -1.86. The van der Waals surface area contributed by atoms with E-state index in [2.05, 4.69) is 0 Å². The summed E-state index contributed by atoms with van der Waals surface area (Å²) in [6.45, 7) is 2.05. The highest BCUT2D eigenvalue weighted by atomic mass is 16.3. The number of hydrogen-bond acceptors (Lipinski definition) is 3. The minimum absolute atomic E-state index is 0.0580. The van der Waals surface area contributed by atoms with Crippen LogP contribution in [0.5, 0.6) is 0 Å². The van der Waals surface area contributed by atoms with E-state index in [0.29, 0.717) is 19.4 Å². The number of hydrogen-bond donors (Lipinski definition) is 1. The number of aliphatic hydroxyl groups is 1. The van der Waals surface area contributed by atoms with Crippen LogP contribution in [0.25, 0.3) is 0 Å². The molecule has 0 heterocycles. The fraction of sp³-hybridized carbons (Fsp3) is 0.429. The molecule has 1 unspecified atom stereocenters. The monoisotopic (exact) mass is 246 g/mol. The highest BCUT2D eigenvalue weighted by Crippen LogP contribution is 2.15. The number of aliphatic hydroxyl groups excluding tert-OH is 1. The number of nitriles is 1. The molecule has 0 bridgehead atoms. The Balaban J connectivity index is 2.72. The van der Waals surface area contributed by atoms with Gasteiger partial charge in [-0.15, -0.1) is 0 Å². The van der Waals surface area contributed by atoms with Crippen LogP contribution in [0.2, 0.25) is 0 Å². The van der Waals surface area contributed by atoms with Gasteiger partial charge in [0.15, 0.2) is 0 Å². The molecule has 4 heteroatoms. The summed E-state index contributed by atoms with van der Waals surface area (Å²) < 4.78 is 0. The van der Waals surface area contributed by atoms with Gasteiger partial charge in [0.25, 0.3) is 0 Å². The van der Waals surface area contributed by atoms with E-state index < -0.39 is 6.10 Å². The summed E-state index contributed by atoms with van der Waals surface area (Å²) in [6.07, 6.45) is 0.546. The van der Waals surface area contributed by atoms with Gasteiger partial charge in [-0.25, -0.2) is 0 Å². The third-order valence-corrected chi connectivity index (χ3v) is 2.59. The molecule has 0 aliphatic carbocycles. The predicted octanol–water partition coefficient (Wildman–Crippen LogP) is 2.09. The maximum Gasteiger partial charge on any atom is 0.227 e. The van der Waals surface area contributed by atoms with Crippen molar-refractivity contribution in [3.8, 4) is 6.07 Å². The number of anilines is 1. The molecule has 18 heavy (non-hydrogen) atoms. The van der Waals surface area contributed by atoms with Crippen molar-refractivity contribution in [3.05, 3.63) is 30.3 Å². The van der Waals surface area contributed by atoms with Crippen molar-refractivity contribution in [1.29, 1.82) is 5.26 Å². The molecule has 1 aromatic carbocycles. The van der Waals surface area contributed by atoms with Gasteiger partial charge in [-0.2, -0.15) is 5.26 Å². The molecule has 0 aliphatic heterocycles. The molecule has 0 fully saturated rings. The second-order valence-corrected chi connectivity index (χ2v) is 4.18. The smallest absolute Gasteiger partial charge is 0.227 e. The molecular weight excluding hydrogens is 228 g/mol. The average Bonchev–Trinajstić information content (AvgIpc) is 2.38. The van der Waals surface area contributed by atoms with Crippen molar-refractivity contribution >= 4 is 11.6 Å². The van der Waals surface area contributed by atoms with Gasteiger partial charge in [0.05, 0.1) is 18.6 Å². The van der Waals surface area contributed by atoms with E-state index in [1.165, 1.54) is 0 Å². The van der Waals surface area contributed by atoms with Crippen molar-refractivity contribution < 1.29 is 9.90 Å². The quantitative estimate of drug-likeness (QED) is 0.836. The molecule has 4 nitrogen and oxygen atoms in total. The Morgan fingerprint density at radius 1 is 1.44 bits per heavy atom. The van der Waals surface area contributed by atoms with E-state index in [1.54, 1.807) is 11.8 Å². The molecule has 1 N–H and O–H groups in total. The molecule has 0 aliphatic rings. The fourth-order valence-electron chi connectivity index (χ4n) is 1.63. The molecule has 1 aromatic rings. The summed E-state index contributed by atoms with van der Waals surface area (Å²) in [5, 5.41) is 17.8. The van der Waals surface area contributed by atoms with Gasteiger partial charge >= 0.3 is 0 Å². The number of carbonyl (C=O) groups excluding carboxylic acids is 1. The number of para-hydroxylation sites is 1. The van der Waals surface area contributed by atoms with Crippen molar-refractivity contribution in [3.63, 3.8) is 0 Å². The summed E-state index contributed by atoms with van der Waals surface area (Å²) in [5.74, 6) is -0.0580. The van der Waals surface area contributed by atoms with Crippen LogP contribution in [-0.4, -0.2) is 23.7 Å². The van der Waals surface area contributed by atoms with Gasteiger partial charge in [0.2, 0.25) is 5.91 Å². The van der Waals surface area contributed by atoms with Crippen LogP contribution in [-0.2, 0) is 4.79 Å². The van der Waals surface area contributed by atoms with E-state index in [-0.39, 0.29) is 12.3 Å². The second kappa shape index (κ2) is 7.46. The predicted molar refractivity (Wildman–Crippen MR) is 69.9 cm³/mol. The summed E-state index contributed by atoms with van der Waals surface area (Å²) in [4.78, 5) is 13.7. The highest BCUT2D eigenvalue weighted by Gasteiger charge is 2.15. The third kappa shape index (κ3) is 4.56. The van der Waals surface area contributed by atoms with Crippen LogP contribution in [0.1, 0.15) is 26.2 Å². The van der Waals surface area contributed by atoms with E-state index in [0.717, 1.165) is 5.69 Å². The summed E-state index contributed by atoms with van der Waals surface area (Å²) in [7, 11) is 0. The minimum Gasteiger partial charge on any atom is -0.393 e. The fourth-order valence-corrected chi connectivity index (χ4v) is 1.63. The zero-order valence-corrected chi connectivity index (χ0v) is 10.5. The van der Waals surface area contributed by atoms with E-state index >= 15 is 0 Å². The molecular formula is C14H18N2O2. The minimum atomic E-state index is -0.484. The zero-order chi connectivity index (χ0) is 13.4. The van der Waals surface area contributed by atoms with Crippen LogP contribution in [0.15, 0.2) is 30.3 Å². The molecule has 0 radical (unpaired) electrons. The molecule has 1 rings (SSSR count). The molecule has 0 spiro atoms. The molecule has 1 atom stereocenters. The van der Waals surface area contributed by atoms with E-state index in [1.807, 2.05) is 36.4 Å². The number of benzene rings is 1.